The van der Waals surface area contributed by atoms with E-state index in [4.69, 9.17) is 9.78 Å². The summed E-state index contributed by atoms with van der Waals surface area (Å²) in [7, 11) is 0. The molecule has 0 bridgehead atoms. The van der Waals surface area contributed by atoms with Gasteiger partial charge in [0.05, 0.1) is 23.1 Å². The van der Waals surface area contributed by atoms with Crippen LogP contribution in [-0.2, 0) is 12.8 Å². The van der Waals surface area contributed by atoms with Crippen molar-refractivity contribution in [3.63, 3.8) is 0 Å². The average molecular weight is 309 g/mol. The van der Waals surface area contributed by atoms with E-state index in [0.717, 1.165) is 47.5 Å². The molecule has 1 aliphatic rings. The molecule has 0 spiro atoms. The molecule has 22 heavy (non-hydrogen) atoms. The highest BCUT2D eigenvalue weighted by Crippen LogP contribution is 2.31. The van der Waals surface area contributed by atoms with Crippen LogP contribution in [0.4, 0.5) is 11.6 Å². The molecule has 6 nitrogen and oxygen atoms in total. The highest BCUT2D eigenvalue weighted by Gasteiger charge is 2.20. The van der Waals surface area contributed by atoms with E-state index in [2.05, 4.69) is 26.5 Å². The Balaban J connectivity index is 1.68. The maximum atomic E-state index is 8.86. The fourth-order valence-electron chi connectivity index (χ4n) is 2.55. The molecule has 3 aromatic heterocycles. The lowest BCUT2D eigenvalue weighted by Crippen LogP contribution is -2.01. The highest BCUT2D eigenvalue weighted by atomic mass is 32.1. The summed E-state index contributed by atoms with van der Waals surface area (Å²) < 4.78 is 5.35. The number of nitriles is 1. The van der Waals surface area contributed by atoms with Gasteiger partial charge in [-0.3, -0.25) is 0 Å². The Morgan fingerprint density at radius 3 is 3.14 bits per heavy atom. The summed E-state index contributed by atoms with van der Waals surface area (Å²) in [6.07, 6.45) is 6.37. The Morgan fingerprint density at radius 2 is 2.27 bits per heavy atom. The Kier molecular flexibility index (Phi) is 3.09. The summed E-state index contributed by atoms with van der Waals surface area (Å²) in [4.78, 5) is 9.60. The van der Waals surface area contributed by atoms with Crippen LogP contribution in [0.15, 0.2) is 28.4 Å². The lowest BCUT2D eigenvalue weighted by molar-refractivity contribution is 0.431. The Bertz CT molecular complexity index is 876. The minimum atomic E-state index is 0.531. The van der Waals surface area contributed by atoms with Gasteiger partial charge >= 0.3 is 0 Å². The second-order valence-corrected chi connectivity index (χ2v) is 5.94. The number of nitrogens with one attached hydrogen (secondary N) is 1. The first-order chi connectivity index (χ1) is 10.8. The van der Waals surface area contributed by atoms with Crippen LogP contribution in [0, 0.1) is 11.3 Å². The van der Waals surface area contributed by atoms with E-state index < -0.39 is 0 Å². The highest BCUT2D eigenvalue weighted by molar-refractivity contribution is 7.11. The lowest BCUT2D eigenvalue weighted by Gasteiger charge is -2.07. The number of hydrogen-bond donors (Lipinski definition) is 1. The van der Waals surface area contributed by atoms with Gasteiger partial charge in [-0.05, 0) is 25.3 Å². The minimum Gasteiger partial charge on any atom is -0.356 e. The number of thiophene rings is 1. The largest absolute Gasteiger partial charge is 0.356 e. The SMILES string of the molecule is N#Cc1cc(Nc2ncc3c(n2)CCCc2cnoc2-3)cs1. The van der Waals surface area contributed by atoms with Crippen molar-refractivity contribution in [2.24, 2.45) is 0 Å². The van der Waals surface area contributed by atoms with Gasteiger partial charge in [0.25, 0.3) is 0 Å². The minimum absolute atomic E-state index is 0.531. The molecule has 0 aromatic carbocycles. The zero-order valence-electron chi connectivity index (χ0n) is 11.5. The standard InChI is InChI=1S/C15H11N5OS/c16-5-11-4-10(8-22-11)19-15-17-7-12-13(20-15)3-1-2-9-6-18-21-14(9)12/h4,6-8H,1-3H2,(H,17,19,20). The van der Waals surface area contributed by atoms with Gasteiger partial charge < -0.3 is 9.84 Å². The van der Waals surface area contributed by atoms with Crippen LogP contribution in [0.5, 0.6) is 0 Å². The first-order valence-electron chi connectivity index (χ1n) is 6.89. The Labute approximate surface area is 130 Å². The van der Waals surface area contributed by atoms with Gasteiger partial charge in [0, 0.05) is 17.1 Å². The molecule has 0 saturated heterocycles. The number of rotatable bonds is 2. The Morgan fingerprint density at radius 1 is 1.32 bits per heavy atom. The van der Waals surface area contributed by atoms with Gasteiger partial charge in [-0.25, -0.2) is 9.97 Å². The van der Waals surface area contributed by atoms with Gasteiger partial charge in [0.2, 0.25) is 5.95 Å². The quantitative estimate of drug-likeness (QED) is 0.781. The van der Waals surface area contributed by atoms with Gasteiger partial charge in [0.15, 0.2) is 5.76 Å². The van der Waals surface area contributed by atoms with Gasteiger partial charge in [0.1, 0.15) is 10.9 Å². The molecule has 0 fully saturated rings. The summed E-state index contributed by atoms with van der Waals surface area (Å²) in [6, 6.07) is 3.90. The normalized spacial score (nSPS) is 12.9. The molecule has 1 aliphatic carbocycles. The first kappa shape index (κ1) is 13.0. The van der Waals surface area contributed by atoms with Crippen molar-refractivity contribution in [2.45, 2.75) is 19.3 Å². The first-order valence-corrected chi connectivity index (χ1v) is 7.77. The second kappa shape index (κ2) is 5.24. The van der Waals surface area contributed by atoms with Crippen molar-refractivity contribution in [1.29, 1.82) is 5.26 Å². The third-order valence-electron chi connectivity index (χ3n) is 3.58. The zero-order valence-corrected chi connectivity index (χ0v) is 12.4. The van der Waals surface area contributed by atoms with Crippen molar-refractivity contribution in [3.05, 3.63) is 40.0 Å². The fraction of sp³-hybridized carbons (Fsp3) is 0.200. The van der Waals surface area contributed by atoms with Crippen molar-refractivity contribution >= 4 is 23.0 Å². The van der Waals surface area contributed by atoms with Crippen LogP contribution >= 0.6 is 11.3 Å². The van der Waals surface area contributed by atoms with E-state index in [1.807, 2.05) is 5.38 Å². The van der Waals surface area contributed by atoms with Gasteiger partial charge in [-0.1, -0.05) is 5.16 Å². The van der Waals surface area contributed by atoms with Gasteiger partial charge in [-0.15, -0.1) is 11.3 Å². The molecule has 0 saturated carbocycles. The summed E-state index contributed by atoms with van der Waals surface area (Å²) in [5.41, 5.74) is 3.82. The molecule has 4 rings (SSSR count). The molecule has 0 atom stereocenters. The molecular weight excluding hydrogens is 298 g/mol. The number of anilines is 2. The summed E-state index contributed by atoms with van der Waals surface area (Å²) >= 11 is 1.39. The van der Waals surface area contributed by atoms with E-state index in [1.54, 1.807) is 18.5 Å². The monoisotopic (exact) mass is 309 g/mol. The molecule has 3 aromatic rings. The number of aryl methyl sites for hydroxylation is 2. The number of nitrogens with zero attached hydrogens (tertiary/aromatic N) is 4. The molecule has 0 radical (unpaired) electrons. The molecule has 0 amide bonds. The predicted octanol–water partition coefficient (Wildman–Crippen LogP) is 3.30. The van der Waals surface area contributed by atoms with Crippen molar-refractivity contribution < 1.29 is 4.52 Å². The molecule has 3 heterocycles. The second-order valence-electron chi connectivity index (χ2n) is 5.02. The van der Waals surface area contributed by atoms with Crippen molar-refractivity contribution in [2.75, 3.05) is 5.32 Å². The van der Waals surface area contributed by atoms with Gasteiger partial charge in [-0.2, -0.15) is 5.26 Å². The van der Waals surface area contributed by atoms with Crippen LogP contribution < -0.4 is 5.32 Å². The zero-order chi connectivity index (χ0) is 14.9. The van der Waals surface area contributed by atoms with E-state index >= 15 is 0 Å². The molecule has 108 valence electrons. The topological polar surface area (TPSA) is 87.6 Å². The van der Waals surface area contributed by atoms with Crippen LogP contribution in [0.2, 0.25) is 0 Å². The third-order valence-corrected chi connectivity index (χ3v) is 4.42. The maximum absolute atomic E-state index is 8.86. The van der Waals surface area contributed by atoms with Crippen LogP contribution in [0.25, 0.3) is 11.3 Å². The van der Waals surface area contributed by atoms with Crippen molar-refractivity contribution in [3.8, 4) is 17.4 Å². The molecule has 0 aliphatic heterocycles. The summed E-state index contributed by atoms with van der Waals surface area (Å²) in [5, 5.41) is 17.8. The number of hydrogen-bond acceptors (Lipinski definition) is 7. The summed E-state index contributed by atoms with van der Waals surface area (Å²) in [6.45, 7) is 0. The summed E-state index contributed by atoms with van der Waals surface area (Å²) in [5.74, 6) is 1.31. The predicted molar refractivity (Wildman–Crippen MR) is 81.9 cm³/mol. The molecule has 1 N–H and O–H groups in total. The molecular formula is C15H11N5OS. The van der Waals surface area contributed by atoms with Crippen LogP contribution in [-0.4, -0.2) is 15.1 Å². The lowest BCUT2D eigenvalue weighted by atomic mass is 10.1. The fourth-order valence-corrected chi connectivity index (χ4v) is 3.18. The smallest absolute Gasteiger partial charge is 0.227 e. The average Bonchev–Trinajstić information content (AvgIpc) is 3.14. The number of fused-ring (bicyclic) bond motifs is 3. The third kappa shape index (κ3) is 2.23. The molecule has 0 unspecified atom stereocenters. The van der Waals surface area contributed by atoms with Crippen LogP contribution in [0.3, 0.4) is 0 Å². The Hall–Kier alpha value is -2.72. The van der Waals surface area contributed by atoms with E-state index in [0.29, 0.717) is 10.8 Å². The van der Waals surface area contributed by atoms with Crippen molar-refractivity contribution in [1.82, 2.24) is 15.1 Å². The van der Waals surface area contributed by atoms with Crippen LogP contribution in [0.1, 0.15) is 22.6 Å². The maximum Gasteiger partial charge on any atom is 0.227 e. The van der Waals surface area contributed by atoms with E-state index in [1.165, 1.54) is 11.3 Å². The van der Waals surface area contributed by atoms with E-state index in [9.17, 15) is 0 Å². The molecule has 7 heteroatoms. The number of aromatic nitrogens is 3. The van der Waals surface area contributed by atoms with E-state index in [-0.39, 0.29) is 0 Å².